The molecule has 0 unspecified atom stereocenters. The molecule has 0 atom stereocenters. The van der Waals surface area contributed by atoms with Gasteiger partial charge in [-0.05, 0) is 30.2 Å². The number of aromatic nitrogens is 1. The Morgan fingerprint density at radius 2 is 1.88 bits per heavy atom. The lowest BCUT2D eigenvalue weighted by Gasteiger charge is -2.08. The van der Waals surface area contributed by atoms with Crippen molar-refractivity contribution in [3.8, 4) is 0 Å². The SMILES string of the molecule is Cc1ccccc1CNC(=O)Cn1cccc1. The lowest BCUT2D eigenvalue weighted by Crippen LogP contribution is -2.26. The van der Waals surface area contributed by atoms with Crippen molar-refractivity contribution in [3.63, 3.8) is 0 Å². The van der Waals surface area contributed by atoms with Crippen molar-refractivity contribution < 1.29 is 4.79 Å². The van der Waals surface area contributed by atoms with E-state index < -0.39 is 0 Å². The molecule has 0 aliphatic rings. The van der Waals surface area contributed by atoms with Crippen LogP contribution in [0.2, 0.25) is 0 Å². The average molecular weight is 228 g/mol. The molecular weight excluding hydrogens is 212 g/mol. The highest BCUT2D eigenvalue weighted by molar-refractivity contribution is 5.75. The normalized spacial score (nSPS) is 10.2. The van der Waals surface area contributed by atoms with Crippen molar-refractivity contribution in [2.75, 3.05) is 0 Å². The number of hydrogen-bond acceptors (Lipinski definition) is 1. The number of carbonyl (C=O) groups excluding carboxylic acids is 1. The standard InChI is InChI=1S/C14H16N2O/c1-12-6-2-3-7-13(12)10-15-14(17)11-16-8-4-5-9-16/h2-9H,10-11H2,1H3,(H,15,17). The minimum atomic E-state index is 0.0319. The Bertz CT molecular complexity index is 489. The van der Waals surface area contributed by atoms with E-state index in [-0.39, 0.29) is 5.91 Å². The van der Waals surface area contributed by atoms with Gasteiger partial charge in [-0.15, -0.1) is 0 Å². The van der Waals surface area contributed by atoms with Gasteiger partial charge >= 0.3 is 0 Å². The third-order valence-corrected chi connectivity index (χ3v) is 2.73. The first kappa shape index (κ1) is 11.5. The Morgan fingerprint density at radius 1 is 1.18 bits per heavy atom. The van der Waals surface area contributed by atoms with Crippen molar-refractivity contribution in [3.05, 3.63) is 59.9 Å². The van der Waals surface area contributed by atoms with Crippen molar-refractivity contribution in [2.45, 2.75) is 20.0 Å². The lowest BCUT2D eigenvalue weighted by molar-refractivity contribution is -0.121. The zero-order valence-electron chi connectivity index (χ0n) is 9.89. The molecule has 0 aliphatic carbocycles. The van der Waals surface area contributed by atoms with Crippen LogP contribution in [-0.4, -0.2) is 10.5 Å². The van der Waals surface area contributed by atoms with Crippen LogP contribution in [0.1, 0.15) is 11.1 Å². The molecule has 17 heavy (non-hydrogen) atoms. The summed E-state index contributed by atoms with van der Waals surface area (Å²) in [5.74, 6) is 0.0319. The van der Waals surface area contributed by atoms with Crippen molar-refractivity contribution >= 4 is 5.91 Å². The van der Waals surface area contributed by atoms with E-state index in [4.69, 9.17) is 0 Å². The molecule has 88 valence electrons. The summed E-state index contributed by atoms with van der Waals surface area (Å²) in [5, 5.41) is 2.92. The lowest BCUT2D eigenvalue weighted by atomic mass is 10.1. The van der Waals surface area contributed by atoms with Gasteiger partial charge in [0.1, 0.15) is 6.54 Å². The summed E-state index contributed by atoms with van der Waals surface area (Å²) in [6, 6.07) is 11.9. The quantitative estimate of drug-likeness (QED) is 0.854. The van der Waals surface area contributed by atoms with Gasteiger partial charge in [0.15, 0.2) is 0 Å². The van der Waals surface area contributed by atoms with E-state index in [1.807, 2.05) is 60.3 Å². The fourth-order valence-corrected chi connectivity index (χ4v) is 1.70. The maximum absolute atomic E-state index is 11.7. The summed E-state index contributed by atoms with van der Waals surface area (Å²) in [6.45, 7) is 3.01. The summed E-state index contributed by atoms with van der Waals surface area (Å²) in [6.07, 6.45) is 3.76. The van der Waals surface area contributed by atoms with Crippen LogP contribution in [0.4, 0.5) is 0 Å². The highest BCUT2D eigenvalue weighted by Crippen LogP contribution is 2.05. The topological polar surface area (TPSA) is 34.0 Å². The van der Waals surface area contributed by atoms with E-state index in [1.54, 1.807) is 0 Å². The zero-order chi connectivity index (χ0) is 12.1. The molecule has 0 bridgehead atoms. The zero-order valence-corrected chi connectivity index (χ0v) is 9.89. The van der Waals surface area contributed by atoms with Gasteiger partial charge in [-0.1, -0.05) is 24.3 Å². The van der Waals surface area contributed by atoms with E-state index in [2.05, 4.69) is 5.32 Å². The van der Waals surface area contributed by atoms with Gasteiger partial charge in [-0.2, -0.15) is 0 Å². The van der Waals surface area contributed by atoms with Gasteiger partial charge < -0.3 is 9.88 Å². The molecule has 0 fully saturated rings. The number of rotatable bonds is 4. The van der Waals surface area contributed by atoms with Crippen LogP contribution in [0, 0.1) is 6.92 Å². The van der Waals surface area contributed by atoms with Gasteiger partial charge in [-0.3, -0.25) is 4.79 Å². The molecule has 2 rings (SSSR count). The molecule has 1 aromatic heterocycles. The van der Waals surface area contributed by atoms with Gasteiger partial charge in [-0.25, -0.2) is 0 Å². The van der Waals surface area contributed by atoms with Crippen LogP contribution in [0.15, 0.2) is 48.8 Å². The predicted molar refractivity (Wildman–Crippen MR) is 67.5 cm³/mol. The van der Waals surface area contributed by atoms with Gasteiger partial charge in [0.25, 0.3) is 0 Å². The summed E-state index contributed by atoms with van der Waals surface area (Å²) in [4.78, 5) is 11.7. The molecule has 2 aromatic rings. The molecule has 1 N–H and O–H groups in total. The molecule has 0 saturated heterocycles. The number of benzene rings is 1. The van der Waals surface area contributed by atoms with Crippen molar-refractivity contribution in [2.24, 2.45) is 0 Å². The largest absolute Gasteiger partial charge is 0.350 e. The number of carbonyl (C=O) groups is 1. The fourth-order valence-electron chi connectivity index (χ4n) is 1.70. The van der Waals surface area contributed by atoms with Gasteiger partial charge in [0.2, 0.25) is 5.91 Å². The van der Waals surface area contributed by atoms with E-state index in [0.29, 0.717) is 13.1 Å². The molecule has 3 heteroatoms. The maximum atomic E-state index is 11.7. The van der Waals surface area contributed by atoms with Crippen molar-refractivity contribution in [1.82, 2.24) is 9.88 Å². The van der Waals surface area contributed by atoms with Crippen LogP contribution < -0.4 is 5.32 Å². The smallest absolute Gasteiger partial charge is 0.240 e. The van der Waals surface area contributed by atoms with E-state index >= 15 is 0 Å². The number of amides is 1. The summed E-state index contributed by atoms with van der Waals surface area (Å²) < 4.78 is 1.85. The minimum Gasteiger partial charge on any atom is -0.350 e. The third-order valence-electron chi connectivity index (χ3n) is 2.73. The molecule has 0 saturated carbocycles. The van der Waals surface area contributed by atoms with Gasteiger partial charge in [0.05, 0.1) is 0 Å². The number of hydrogen-bond donors (Lipinski definition) is 1. The first-order valence-corrected chi connectivity index (χ1v) is 5.67. The molecule has 0 aliphatic heterocycles. The van der Waals surface area contributed by atoms with E-state index in [9.17, 15) is 4.79 Å². The monoisotopic (exact) mass is 228 g/mol. The Hall–Kier alpha value is -2.03. The predicted octanol–water partition coefficient (Wildman–Crippen LogP) is 2.11. The molecule has 1 aromatic carbocycles. The summed E-state index contributed by atoms with van der Waals surface area (Å²) >= 11 is 0. The van der Waals surface area contributed by atoms with Crippen molar-refractivity contribution in [1.29, 1.82) is 0 Å². The number of aryl methyl sites for hydroxylation is 1. The molecule has 1 amide bonds. The molecular formula is C14H16N2O. The molecule has 1 heterocycles. The Kier molecular flexibility index (Phi) is 3.60. The first-order valence-electron chi connectivity index (χ1n) is 5.67. The number of nitrogens with one attached hydrogen (secondary N) is 1. The third kappa shape index (κ3) is 3.21. The fraction of sp³-hybridized carbons (Fsp3) is 0.214. The van der Waals surface area contributed by atoms with Gasteiger partial charge in [0, 0.05) is 18.9 Å². The van der Waals surface area contributed by atoms with E-state index in [0.717, 1.165) is 5.56 Å². The van der Waals surface area contributed by atoms with Crippen LogP contribution >= 0.6 is 0 Å². The van der Waals surface area contributed by atoms with Crippen LogP contribution in [0.25, 0.3) is 0 Å². The summed E-state index contributed by atoms with van der Waals surface area (Å²) in [7, 11) is 0. The average Bonchev–Trinajstić information content (AvgIpc) is 2.81. The second-order valence-electron chi connectivity index (χ2n) is 4.06. The van der Waals surface area contributed by atoms with E-state index in [1.165, 1.54) is 5.56 Å². The second kappa shape index (κ2) is 5.34. The second-order valence-corrected chi connectivity index (χ2v) is 4.06. The van der Waals surface area contributed by atoms with Crippen LogP contribution in [-0.2, 0) is 17.9 Å². The minimum absolute atomic E-state index is 0.0319. The maximum Gasteiger partial charge on any atom is 0.240 e. The Labute approximate surface area is 101 Å². The summed E-state index contributed by atoms with van der Waals surface area (Å²) in [5.41, 5.74) is 2.36. The number of nitrogens with zero attached hydrogens (tertiary/aromatic N) is 1. The van der Waals surface area contributed by atoms with Crippen LogP contribution in [0.3, 0.4) is 0 Å². The van der Waals surface area contributed by atoms with Crippen LogP contribution in [0.5, 0.6) is 0 Å². The first-order chi connectivity index (χ1) is 8.25. The molecule has 0 radical (unpaired) electrons. The highest BCUT2D eigenvalue weighted by Gasteiger charge is 2.02. The molecule has 0 spiro atoms. The Balaban J connectivity index is 1.86. The Morgan fingerprint density at radius 3 is 2.59 bits per heavy atom. The molecule has 3 nitrogen and oxygen atoms in total. The highest BCUT2D eigenvalue weighted by atomic mass is 16.1.